The van der Waals surface area contributed by atoms with Gasteiger partial charge in [-0.25, -0.2) is 24.4 Å². The van der Waals surface area contributed by atoms with Crippen LogP contribution in [-0.2, 0) is 36.8 Å². The second kappa shape index (κ2) is 13.6. The number of benzene rings is 1. The molecule has 0 amide bonds. The number of ether oxygens (including phenoxy) is 4. The average molecular weight is 685 g/mol. The first-order chi connectivity index (χ1) is 24.2. The minimum Gasteiger partial charge on any atom is -0.455 e. The van der Waals surface area contributed by atoms with Crippen LogP contribution in [-0.4, -0.2) is 85.7 Å². The Balaban J connectivity index is 1.18. The van der Waals surface area contributed by atoms with E-state index in [1.165, 1.54) is 30.5 Å². The molecular weight excluding hydrogens is 652 g/mol. The maximum absolute atomic E-state index is 12.6. The van der Waals surface area contributed by atoms with Crippen LogP contribution in [0, 0.1) is 12.3 Å². The van der Waals surface area contributed by atoms with E-state index in [1.807, 2.05) is 30.3 Å². The molecule has 4 aromatic heterocycles. The summed E-state index contributed by atoms with van der Waals surface area (Å²) in [6.45, 7) is 1.44. The molecule has 0 aliphatic carbocycles. The number of H-pyrrole nitrogens is 1. The Morgan fingerprint density at radius 1 is 1.08 bits per heavy atom. The molecule has 2 aliphatic rings. The fourth-order valence-corrected chi connectivity index (χ4v) is 6.40. The van der Waals surface area contributed by atoms with E-state index in [-0.39, 0.29) is 25.3 Å². The van der Waals surface area contributed by atoms with E-state index in [2.05, 4.69) is 36.2 Å². The number of aromatic nitrogens is 9. The lowest BCUT2D eigenvalue weighted by atomic mass is 10.0. The second-order valence-electron chi connectivity index (χ2n) is 11.8. The van der Waals surface area contributed by atoms with Gasteiger partial charge >= 0.3 is 11.7 Å². The highest BCUT2D eigenvalue weighted by molar-refractivity contribution is 5.81. The van der Waals surface area contributed by atoms with Crippen molar-refractivity contribution < 1.29 is 28.8 Å². The molecule has 6 heterocycles. The minimum atomic E-state index is -1.29. The smallest absolute Gasteiger partial charge is 0.330 e. The van der Waals surface area contributed by atoms with Crippen molar-refractivity contribution in [3.8, 4) is 12.3 Å². The Labute approximate surface area is 282 Å². The molecule has 0 unspecified atom stereocenters. The lowest BCUT2D eigenvalue weighted by Gasteiger charge is -2.24. The highest BCUT2D eigenvalue weighted by Crippen LogP contribution is 2.42. The molecule has 4 N–H and O–H groups in total. The second-order valence-corrected chi connectivity index (χ2v) is 11.8. The summed E-state index contributed by atoms with van der Waals surface area (Å²) in [4.78, 5) is 51.5. The molecule has 18 heteroatoms. The van der Waals surface area contributed by atoms with Gasteiger partial charge in [-0.05, 0) is 5.56 Å². The van der Waals surface area contributed by atoms with Gasteiger partial charge in [-0.2, -0.15) is 0 Å². The van der Waals surface area contributed by atoms with E-state index < -0.39 is 66.2 Å². The van der Waals surface area contributed by atoms with Gasteiger partial charge in [-0.3, -0.25) is 23.7 Å². The average Bonchev–Trinajstić information content (AvgIpc) is 3.87. The van der Waals surface area contributed by atoms with Crippen molar-refractivity contribution in [2.75, 3.05) is 5.73 Å². The van der Waals surface area contributed by atoms with Crippen LogP contribution in [0.1, 0.15) is 43.1 Å². The molecule has 7 rings (SSSR count). The molecule has 0 saturated carbocycles. The molecule has 2 saturated heterocycles. The topological polar surface area (TPSA) is 229 Å². The van der Waals surface area contributed by atoms with Gasteiger partial charge in [0.2, 0.25) is 0 Å². The standard InChI is InChI=1S/C32H32N10O8/c1-3-7-20-24(27(48-17(2)43)31(49-20)41-16-36-23-28(33)34-15-35-29(23)41)42-13-19(38-39-42)12-21-26(47-14-18-8-5-4-6-9-18)25(45)30(50-21)40-11-10-22(44)37-32(40)46/h1,4-6,8-11,13,15-16,20-21,24-27,30-31,45H,7,12,14H2,2H3,(H2,33,34,35)(H,37,44,46)/t20-,21-,24-,25-,26-,27-,30-,31-/m1/s1. The summed E-state index contributed by atoms with van der Waals surface area (Å²) in [5, 5.41) is 20.1. The van der Waals surface area contributed by atoms with Crippen LogP contribution in [0.15, 0.2) is 71.0 Å². The van der Waals surface area contributed by atoms with E-state index in [9.17, 15) is 19.5 Å². The highest BCUT2D eigenvalue weighted by atomic mass is 16.6. The van der Waals surface area contributed by atoms with Crippen LogP contribution >= 0.6 is 0 Å². The Hall–Kier alpha value is -5.74. The number of hydrogen-bond donors (Lipinski definition) is 3. The zero-order valence-electron chi connectivity index (χ0n) is 26.6. The van der Waals surface area contributed by atoms with E-state index in [0.29, 0.717) is 16.9 Å². The van der Waals surface area contributed by atoms with E-state index in [1.54, 1.807) is 10.8 Å². The number of imidazole rings is 1. The summed E-state index contributed by atoms with van der Waals surface area (Å²) in [6, 6.07) is 9.80. The first-order valence-electron chi connectivity index (χ1n) is 15.6. The van der Waals surface area contributed by atoms with Gasteiger partial charge in [0, 0.05) is 38.2 Å². The van der Waals surface area contributed by atoms with Crippen molar-refractivity contribution in [2.24, 2.45) is 0 Å². The Bertz CT molecular complexity index is 2160. The van der Waals surface area contributed by atoms with Gasteiger partial charge in [-0.1, -0.05) is 35.5 Å². The van der Waals surface area contributed by atoms with Crippen molar-refractivity contribution in [1.29, 1.82) is 0 Å². The van der Waals surface area contributed by atoms with Gasteiger partial charge < -0.3 is 29.8 Å². The first-order valence-corrected chi connectivity index (χ1v) is 15.6. The van der Waals surface area contributed by atoms with Crippen LogP contribution in [0.5, 0.6) is 0 Å². The van der Waals surface area contributed by atoms with Gasteiger partial charge in [0.05, 0.1) is 30.8 Å². The molecule has 0 bridgehead atoms. The molecule has 8 atom stereocenters. The van der Waals surface area contributed by atoms with Gasteiger partial charge in [0.1, 0.15) is 30.1 Å². The number of aliphatic hydroxyl groups excluding tert-OH is 1. The first kappa shape index (κ1) is 32.8. The molecule has 0 radical (unpaired) electrons. The van der Waals surface area contributed by atoms with Crippen LogP contribution in [0.4, 0.5) is 5.82 Å². The lowest BCUT2D eigenvalue weighted by molar-refractivity contribution is -0.153. The molecule has 2 fully saturated rings. The Kier molecular flexibility index (Phi) is 8.95. The number of nitrogens with zero attached hydrogens (tertiary/aromatic N) is 8. The SMILES string of the molecule is C#CC[C@H]1O[C@@H](n2cnc3c(N)ncnc32)[C@H](OC(C)=O)[C@@H]1n1cc(C[C@H]2O[C@@H](n3ccc(=O)[nH]c3=O)[C@H](O)[C@@H]2OCc2ccccc2)nn1. The number of nitrogens with two attached hydrogens (primary N) is 1. The minimum absolute atomic E-state index is 0.0997. The van der Waals surface area contributed by atoms with Gasteiger partial charge in [0.25, 0.3) is 5.56 Å². The normalized spacial score (nSPS) is 26.3. The predicted octanol–water partition coefficient (Wildman–Crippen LogP) is 0.0301. The fraction of sp³-hybridized carbons (Fsp3) is 0.375. The largest absolute Gasteiger partial charge is 0.455 e. The van der Waals surface area contributed by atoms with Crippen molar-refractivity contribution in [1.82, 2.24) is 44.1 Å². The third-order valence-corrected chi connectivity index (χ3v) is 8.59. The molecule has 18 nitrogen and oxygen atoms in total. The van der Waals surface area contributed by atoms with Crippen molar-refractivity contribution in [3.63, 3.8) is 0 Å². The molecule has 258 valence electrons. The number of rotatable bonds is 10. The molecule has 5 aromatic rings. The fourth-order valence-electron chi connectivity index (χ4n) is 6.40. The van der Waals surface area contributed by atoms with Gasteiger partial charge in [0.15, 0.2) is 30.0 Å². The Morgan fingerprint density at radius 2 is 1.88 bits per heavy atom. The number of aliphatic hydroxyl groups is 1. The lowest BCUT2D eigenvalue weighted by Crippen LogP contribution is -2.38. The molecular formula is C32H32N10O8. The highest BCUT2D eigenvalue weighted by Gasteiger charge is 2.50. The summed E-state index contributed by atoms with van der Waals surface area (Å²) in [7, 11) is 0. The molecule has 50 heavy (non-hydrogen) atoms. The summed E-state index contributed by atoms with van der Waals surface area (Å²) in [5.41, 5.74) is 6.68. The number of nitrogens with one attached hydrogen (secondary N) is 1. The quantitative estimate of drug-likeness (QED) is 0.130. The zero-order valence-corrected chi connectivity index (χ0v) is 26.6. The van der Waals surface area contributed by atoms with E-state index in [0.717, 1.165) is 16.2 Å². The summed E-state index contributed by atoms with van der Waals surface area (Å²) in [5.74, 6) is 2.22. The number of hydrogen-bond acceptors (Lipinski definition) is 14. The predicted molar refractivity (Wildman–Crippen MR) is 172 cm³/mol. The van der Waals surface area contributed by atoms with Crippen LogP contribution in [0.2, 0.25) is 0 Å². The molecule has 0 spiro atoms. The van der Waals surface area contributed by atoms with E-state index in [4.69, 9.17) is 31.1 Å². The van der Waals surface area contributed by atoms with Crippen molar-refractivity contribution in [2.45, 2.75) is 75.4 Å². The summed E-state index contributed by atoms with van der Waals surface area (Å²) in [6.07, 6.45) is 4.93. The molecule has 1 aromatic carbocycles. The Morgan fingerprint density at radius 3 is 2.64 bits per heavy atom. The monoisotopic (exact) mass is 684 g/mol. The number of nitrogen functional groups attached to an aromatic ring is 1. The molecule has 2 aliphatic heterocycles. The number of aromatic amines is 1. The summed E-state index contributed by atoms with van der Waals surface area (Å²) >= 11 is 0. The number of fused-ring (bicyclic) bond motifs is 1. The maximum atomic E-state index is 12.6. The van der Waals surface area contributed by atoms with Gasteiger partial charge in [-0.15, -0.1) is 17.4 Å². The zero-order chi connectivity index (χ0) is 34.9. The number of esters is 1. The number of carbonyl (C=O) groups excluding carboxylic acids is 1. The van der Waals surface area contributed by atoms with Crippen LogP contribution in [0.25, 0.3) is 11.2 Å². The van der Waals surface area contributed by atoms with Crippen LogP contribution in [0.3, 0.4) is 0 Å². The van der Waals surface area contributed by atoms with E-state index >= 15 is 0 Å². The number of anilines is 1. The maximum Gasteiger partial charge on any atom is 0.330 e. The third kappa shape index (κ3) is 6.25. The number of carbonyl (C=O) groups is 1. The third-order valence-electron chi connectivity index (χ3n) is 8.59. The number of terminal acetylenes is 1. The van der Waals surface area contributed by atoms with Crippen LogP contribution < -0.4 is 17.0 Å². The summed E-state index contributed by atoms with van der Waals surface area (Å²) < 4.78 is 28.8. The van der Waals surface area contributed by atoms with Crippen molar-refractivity contribution in [3.05, 3.63) is 93.5 Å². The van der Waals surface area contributed by atoms with Crippen molar-refractivity contribution >= 4 is 23.0 Å².